The minimum atomic E-state index is -0.167. The molecule has 1 N–H and O–H groups in total. The molecular formula is C13H13BrFNS. The highest BCUT2D eigenvalue weighted by Gasteiger charge is 2.17. The molecule has 0 amide bonds. The van der Waals surface area contributed by atoms with Crippen LogP contribution in [0, 0.1) is 12.7 Å². The molecule has 0 aliphatic rings. The van der Waals surface area contributed by atoms with Crippen LogP contribution < -0.4 is 5.32 Å². The maximum absolute atomic E-state index is 13.9. The van der Waals surface area contributed by atoms with E-state index in [9.17, 15) is 4.39 Å². The van der Waals surface area contributed by atoms with Crippen molar-refractivity contribution in [2.45, 2.75) is 13.0 Å². The van der Waals surface area contributed by atoms with E-state index in [4.69, 9.17) is 0 Å². The molecule has 1 atom stereocenters. The molecular weight excluding hydrogens is 301 g/mol. The molecule has 17 heavy (non-hydrogen) atoms. The number of hydrogen-bond acceptors (Lipinski definition) is 2. The van der Waals surface area contributed by atoms with Crippen molar-refractivity contribution >= 4 is 27.3 Å². The van der Waals surface area contributed by atoms with Gasteiger partial charge in [-0.1, -0.05) is 17.7 Å². The van der Waals surface area contributed by atoms with Gasteiger partial charge in [-0.25, -0.2) is 4.39 Å². The van der Waals surface area contributed by atoms with Crippen molar-refractivity contribution in [1.29, 1.82) is 0 Å². The van der Waals surface area contributed by atoms with Gasteiger partial charge in [0.1, 0.15) is 5.82 Å². The van der Waals surface area contributed by atoms with Gasteiger partial charge >= 0.3 is 0 Å². The summed E-state index contributed by atoms with van der Waals surface area (Å²) in [4.78, 5) is 1.10. The summed E-state index contributed by atoms with van der Waals surface area (Å²) in [5.41, 5.74) is 1.76. The molecule has 4 heteroatoms. The van der Waals surface area contributed by atoms with Gasteiger partial charge in [0.25, 0.3) is 0 Å². The molecule has 0 bridgehead atoms. The fourth-order valence-electron chi connectivity index (χ4n) is 1.82. The topological polar surface area (TPSA) is 12.0 Å². The maximum Gasteiger partial charge on any atom is 0.128 e. The summed E-state index contributed by atoms with van der Waals surface area (Å²) in [6.07, 6.45) is 0. The molecule has 0 spiro atoms. The third-order valence-electron chi connectivity index (χ3n) is 2.63. The average molecular weight is 314 g/mol. The first kappa shape index (κ1) is 12.7. The Bertz CT molecular complexity index is 524. The molecule has 0 aliphatic heterocycles. The normalized spacial score (nSPS) is 12.7. The van der Waals surface area contributed by atoms with E-state index in [1.165, 1.54) is 6.07 Å². The molecule has 1 heterocycles. The highest BCUT2D eigenvalue weighted by atomic mass is 79.9. The van der Waals surface area contributed by atoms with E-state index in [1.807, 2.05) is 32.2 Å². The van der Waals surface area contributed by atoms with Crippen LogP contribution in [0.25, 0.3) is 0 Å². The van der Waals surface area contributed by atoms with Crippen LogP contribution >= 0.6 is 27.3 Å². The third kappa shape index (κ3) is 2.76. The van der Waals surface area contributed by atoms with E-state index in [0.29, 0.717) is 5.56 Å². The lowest BCUT2D eigenvalue weighted by atomic mass is 10.0. The van der Waals surface area contributed by atoms with Gasteiger partial charge in [0, 0.05) is 10.4 Å². The van der Waals surface area contributed by atoms with Crippen molar-refractivity contribution in [1.82, 2.24) is 5.32 Å². The van der Waals surface area contributed by atoms with Gasteiger partial charge < -0.3 is 5.32 Å². The maximum atomic E-state index is 13.9. The summed E-state index contributed by atoms with van der Waals surface area (Å²) in [6.45, 7) is 1.97. The minimum Gasteiger partial charge on any atom is -0.309 e. The van der Waals surface area contributed by atoms with Crippen LogP contribution in [0.1, 0.15) is 22.0 Å². The summed E-state index contributed by atoms with van der Waals surface area (Å²) in [5.74, 6) is -0.167. The van der Waals surface area contributed by atoms with Crippen molar-refractivity contribution in [2.24, 2.45) is 0 Å². The first-order valence-corrected chi connectivity index (χ1v) is 6.91. The SMILES string of the molecule is CNC(c1ccc(Br)s1)c1cc(C)ccc1F. The van der Waals surface area contributed by atoms with E-state index in [0.717, 1.165) is 14.2 Å². The molecule has 1 nitrogen and oxygen atoms in total. The van der Waals surface area contributed by atoms with E-state index in [1.54, 1.807) is 17.4 Å². The molecule has 2 aromatic rings. The van der Waals surface area contributed by atoms with E-state index >= 15 is 0 Å². The zero-order valence-corrected chi connectivity index (χ0v) is 12.0. The van der Waals surface area contributed by atoms with Gasteiger partial charge in [-0.2, -0.15) is 0 Å². The van der Waals surface area contributed by atoms with Crippen LogP contribution in [0.5, 0.6) is 0 Å². The average Bonchev–Trinajstić information content (AvgIpc) is 2.71. The molecule has 1 unspecified atom stereocenters. The molecule has 0 saturated heterocycles. The van der Waals surface area contributed by atoms with Crippen LogP contribution in [0.2, 0.25) is 0 Å². The van der Waals surface area contributed by atoms with E-state index in [-0.39, 0.29) is 11.9 Å². The molecule has 0 radical (unpaired) electrons. The summed E-state index contributed by atoms with van der Waals surface area (Å²) in [5, 5.41) is 3.17. The van der Waals surface area contributed by atoms with Gasteiger partial charge in [0.15, 0.2) is 0 Å². The molecule has 0 saturated carbocycles. The third-order valence-corrected chi connectivity index (χ3v) is 4.32. The predicted molar refractivity (Wildman–Crippen MR) is 74.1 cm³/mol. The number of halogens is 2. The minimum absolute atomic E-state index is 0.0915. The predicted octanol–water partition coefficient (Wildman–Crippen LogP) is 4.27. The van der Waals surface area contributed by atoms with Crippen LogP contribution in [-0.2, 0) is 0 Å². The van der Waals surface area contributed by atoms with Crippen LogP contribution in [-0.4, -0.2) is 7.05 Å². The lowest BCUT2D eigenvalue weighted by Gasteiger charge is -2.16. The van der Waals surface area contributed by atoms with Crippen LogP contribution in [0.3, 0.4) is 0 Å². The van der Waals surface area contributed by atoms with Crippen molar-refractivity contribution < 1.29 is 4.39 Å². The number of thiophene rings is 1. The Morgan fingerprint density at radius 1 is 1.29 bits per heavy atom. The van der Waals surface area contributed by atoms with Gasteiger partial charge in [-0.15, -0.1) is 11.3 Å². The lowest BCUT2D eigenvalue weighted by molar-refractivity contribution is 0.578. The quantitative estimate of drug-likeness (QED) is 0.892. The Balaban J connectivity index is 2.45. The number of rotatable bonds is 3. The highest BCUT2D eigenvalue weighted by Crippen LogP contribution is 2.32. The second-order valence-electron chi connectivity index (χ2n) is 3.89. The fraction of sp³-hybridized carbons (Fsp3) is 0.231. The molecule has 1 aromatic carbocycles. The first-order chi connectivity index (χ1) is 8.11. The number of benzene rings is 1. The summed E-state index contributed by atoms with van der Waals surface area (Å²) >= 11 is 5.05. The van der Waals surface area contributed by atoms with Gasteiger partial charge in [0.05, 0.1) is 9.83 Å². The van der Waals surface area contributed by atoms with Gasteiger partial charge in [-0.05, 0) is 48.1 Å². The molecule has 2 rings (SSSR count). The van der Waals surface area contributed by atoms with E-state index in [2.05, 4.69) is 21.2 Å². The van der Waals surface area contributed by atoms with Crippen LogP contribution in [0.4, 0.5) is 4.39 Å². The second kappa shape index (κ2) is 5.29. The Morgan fingerprint density at radius 2 is 2.06 bits per heavy atom. The largest absolute Gasteiger partial charge is 0.309 e. The monoisotopic (exact) mass is 313 g/mol. The summed E-state index contributed by atoms with van der Waals surface area (Å²) in [7, 11) is 1.85. The standard InChI is InChI=1S/C13H13BrFNS/c1-8-3-4-10(15)9(7-8)13(16-2)11-5-6-12(14)17-11/h3-7,13,16H,1-2H3. The van der Waals surface area contributed by atoms with Crippen molar-refractivity contribution in [3.63, 3.8) is 0 Å². The Labute approximate surface area is 113 Å². The van der Waals surface area contributed by atoms with Crippen molar-refractivity contribution in [3.8, 4) is 0 Å². The molecule has 0 aliphatic carbocycles. The molecule has 90 valence electrons. The smallest absolute Gasteiger partial charge is 0.128 e. The Kier molecular flexibility index (Phi) is 3.97. The van der Waals surface area contributed by atoms with Crippen molar-refractivity contribution in [3.05, 3.63) is 55.9 Å². The molecule has 0 fully saturated rings. The number of nitrogens with one attached hydrogen (secondary N) is 1. The fourth-order valence-corrected chi connectivity index (χ4v) is 3.37. The van der Waals surface area contributed by atoms with Crippen molar-refractivity contribution in [2.75, 3.05) is 7.05 Å². The first-order valence-electron chi connectivity index (χ1n) is 5.30. The van der Waals surface area contributed by atoms with E-state index < -0.39 is 0 Å². The number of hydrogen-bond donors (Lipinski definition) is 1. The summed E-state index contributed by atoms with van der Waals surface area (Å²) in [6, 6.07) is 9.11. The zero-order valence-electron chi connectivity index (χ0n) is 9.63. The Hall–Kier alpha value is -0.710. The van der Waals surface area contributed by atoms with Gasteiger partial charge in [0.2, 0.25) is 0 Å². The number of aryl methyl sites for hydroxylation is 1. The zero-order chi connectivity index (χ0) is 12.4. The molecule has 1 aromatic heterocycles. The second-order valence-corrected chi connectivity index (χ2v) is 6.38. The van der Waals surface area contributed by atoms with Gasteiger partial charge in [-0.3, -0.25) is 0 Å². The summed E-state index contributed by atoms with van der Waals surface area (Å²) < 4.78 is 14.9. The lowest BCUT2D eigenvalue weighted by Crippen LogP contribution is -2.18. The Morgan fingerprint density at radius 3 is 2.65 bits per heavy atom. The highest BCUT2D eigenvalue weighted by molar-refractivity contribution is 9.11. The van der Waals surface area contributed by atoms with Crippen LogP contribution in [0.15, 0.2) is 34.1 Å².